The summed E-state index contributed by atoms with van der Waals surface area (Å²) in [5, 5.41) is 19.1. The van der Waals surface area contributed by atoms with Crippen molar-refractivity contribution in [2.24, 2.45) is 5.92 Å². The monoisotopic (exact) mass is 354 g/mol. The van der Waals surface area contributed by atoms with Crippen LogP contribution in [0.25, 0.3) is 0 Å². The van der Waals surface area contributed by atoms with Crippen molar-refractivity contribution < 1.29 is 19.6 Å². The normalized spacial score (nSPS) is 12.0. The summed E-state index contributed by atoms with van der Waals surface area (Å²) in [6.45, 7) is 6.36. The maximum Gasteiger partial charge on any atom is 0.305 e. The average molecular weight is 354 g/mol. The zero-order valence-electron chi connectivity index (χ0n) is 14.0. The van der Waals surface area contributed by atoms with Crippen LogP contribution in [0, 0.1) is 16.0 Å². The number of hydrogen-bond donors (Lipinski definition) is 1. The number of carbonyl (C=O) groups is 2. The number of rotatable bonds is 9. The second-order valence-corrected chi connectivity index (χ2v) is 7.25. The Kier molecular flexibility index (Phi) is 7.70. The number of hydrogen-bond acceptors (Lipinski definition) is 5. The largest absolute Gasteiger partial charge is 0.481 e. The fraction of sp³-hybridized carbons (Fsp3) is 0.500. The number of nitro groups is 1. The van der Waals surface area contributed by atoms with Crippen LogP contribution in [0.15, 0.2) is 29.2 Å². The third-order valence-corrected chi connectivity index (χ3v) is 4.30. The predicted octanol–water partition coefficient (Wildman–Crippen LogP) is 3.03. The van der Waals surface area contributed by atoms with Crippen molar-refractivity contribution in [2.45, 2.75) is 37.3 Å². The minimum absolute atomic E-state index is 0.00113. The molecule has 1 aromatic rings. The highest BCUT2D eigenvalue weighted by Gasteiger charge is 2.23. The van der Waals surface area contributed by atoms with Crippen molar-refractivity contribution in [3.8, 4) is 0 Å². The van der Waals surface area contributed by atoms with Crippen LogP contribution in [0.1, 0.15) is 27.2 Å². The van der Waals surface area contributed by atoms with Gasteiger partial charge in [-0.25, -0.2) is 0 Å². The van der Waals surface area contributed by atoms with Crippen LogP contribution in [0.2, 0.25) is 0 Å². The third-order valence-electron chi connectivity index (χ3n) is 3.20. The number of carbonyl (C=O) groups excluding carboxylic acids is 1. The number of nitrogens with zero attached hydrogens (tertiary/aromatic N) is 2. The van der Waals surface area contributed by atoms with Gasteiger partial charge in [0.05, 0.1) is 16.6 Å². The Morgan fingerprint density at radius 2 is 1.83 bits per heavy atom. The summed E-state index contributed by atoms with van der Waals surface area (Å²) < 4.78 is 0. The molecule has 1 amide bonds. The number of thioether (sulfide) groups is 1. The van der Waals surface area contributed by atoms with E-state index in [1.807, 2.05) is 13.8 Å². The van der Waals surface area contributed by atoms with E-state index in [1.54, 1.807) is 24.0 Å². The molecule has 0 heterocycles. The molecule has 0 saturated heterocycles. The van der Waals surface area contributed by atoms with Crippen LogP contribution in [-0.4, -0.2) is 45.1 Å². The molecule has 0 aliphatic rings. The van der Waals surface area contributed by atoms with Crippen molar-refractivity contribution in [2.75, 3.05) is 13.1 Å². The van der Waals surface area contributed by atoms with E-state index in [0.29, 0.717) is 6.54 Å². The molecule has 7 nitrogen and oxygen atoms in total. The molecule has 0 radical (unpaired) electrons. The molecular formula is C16H22N2O5S. The lowest BCUT2D eigenvalue weighted by Gasteiger charge is -2.26. The molecule has 132 valence electrons. The predicted molar refractivity (Wildman–Crippen MR) is 92.1 cm³/mol. The first kappa shape index (κ1) is 20.0. The highest BCUT2D eigenvalue weighted by atomic mass is 32.2. The van der Waals surface area contributed by atoms with Gasteiger partial charge in [0.15, 0.2) is 0 Å². The van der Waals surface area contributed by atoms with Gasteiger partial charge >= 0.3 is 5.97 Å². The van der Waals surface area contributed by atoms with Gasteiger partial charge in [0, 0.05) is 30.1 Å². The minimum Gasteiger partial charge on any atom is -0.481 e. The van der Waals surface area contributed by atoms with Crippen molar-refractivity contribution in [3.63, 3.8) is 0 Å². The molecule has 1 atom stereocenters. The van der Waals surface area contributed by atoms with Gasteiger partial charge in [-0.1, -0.05) is 13.8 Å². The molecule has 0 saturated carbocycles. The first-order valence-corrected chi connectivity index (χ1v) is 8.50. The van der Waals surface area contributed by atoms with Gasteiger partial charge in [-0.2, -0.15) is 0 Å². The second-order valence-electron chi connectivity index (χ2n) is 5.83. The summed E-state index contributed by atoms with van der Waals surface area (Å²) in [4.78, 5) is 35.8. The standard InChI is InChI=1S/C16H22N2O5S/c1-11(2)10-17(9-8-15(19)20)16(21)12(3)24-14-6-4-13(5-7-14)18(22)23/h4-7,11-12H,8-10H2,1-3H3,(H,19,20). The number of benzene rings is 1. The number of aliphatic carboxylic acids is 1. The maximum absolute atomic E-state index is 12.6. The van der Waals surface area contributed by atoms with E-state index in [9.17, 15) is 19.7 Å². The van der Waals surface area contributed by atoms with E-state index in [0.717, 1.165) is 4.90 Å². The lowest BCUT2D eigenvalue weighted by atomic mass is 10.2. The van der Waals surface area contributed by atoms with Gasteiger partial charge in [0.2, 0.25) is 5.91 Å². The molecule has 0 fully saturated rings. The van der Waals surface area contributed by atoms with E-state index >= 15 is 0 Å². The summed E-state index contributed by atoms with van der Waals surface area (Å²) in [6.07, 6.45) is -0.0899. The molecule has 0 aliphatic carbocycles. The lowest BCUT2D eigenvalue weighted by Crippen LogP contribution is -2.40. The smallest absolute Gasteiger partial charge is 0.305 e. The van der Waals surface area contributed by atoms with Crippen molar-refractivity contribution in [3.05, 3.63) is 34.4 Å². The number of amides is 1. The number of nitro benzene ring substituents is 1. The van der Waals surface area contributed by atoms with Crippen molar-refractivity contribution in [1.82, 2.24) is 4.90 Å². The Labute approximate surface area is 145 Å². The summed E-state index contributed by atoms with van der Waals surface area (Å²) >= 11 is 1.30. The number of carboxylic acid groups (broad SMARTS) is 1. The summed E-state index contributed by atoms with van der Waals surface area (Å²) in [6, 6.07) is 6.01. The van der Waals surface area contributed by atoms with Gasteiger partial charge in [-0.15, -0.1) is 11.8 Å². The zero-order valence-corrected chi connectivity index (χ0v) is 14.8. The van der Waals surface area contributed by atoms with Gasteiger partial charge in [0.25, 0.3) is 5.69 Å². The highest BCUT2D eigenvalue weighted by molar-refractivity contribution is 8.00. The molecule has 0 aliphatic heterocycles. The Balaban J connectivity index is 2.74. The Bertz CT molecular complexity index is 589. The first-order chi connectivity index (χ1) is 11.2. The van der Waals surface area contributed by atoms with Gasteiger partial charge < -0.3 is 10.0 Å². The van der Waals surface area contributed by atoms with E-state index in [2.05, 4.69) is 0 Å². The molecule has 1 rings (SSSR count). The van der Waals surface area contributed by atoms with E-state index in [-0.39, 0.29) is 30.5 Å². The topological polar surface area (TPSA) is 101 Å². The van der Waals surface area contributed by atoms with Crippen molar-refractivity contribution in [1.29, 1.82) is 0 Å². The molecule has 24 heavy (non-hydrogen) atoms. The Morgan fingerprint density at radius 1 is 1.25 bits per heavy atom. The average Bonchev–Trinajstić information content (AvgIpc) is 2.50. The van der Waals surface area contributed by atoms with Crippen LogP contribution in [0.5, 0.6) is 0 Å². The minimum atomic E-state index is -0.938. The third kappa shape index (κ3) is 6.57. The van der Waals surface area contributed by atoms with Gasteiger partial charge in [0.1, 0.15) is 0 Å². The molecule has 8 heteroatoms. The second kappa shape index (κ2) is 9.27. The first-order valence-electron chi connectivity index (χ1n) is 7.62. The van der Waals surface area contributed by atoms with Crippen LogP contribution in [0.4, 0.5) is 5.69 Å². The Morgan fingerprint density at radius 3 is 2.29 bits per heavy atom. The molecule has 1 aromatic carbocycles. The van der Waals surface area contributed by atoms with Crippen LogP contribution in [-0.2, 0) is 9.59 Å². The Hall–Kier alpha value is -2.09. The van der Waals surface area contributed by atoms with E-state index in [4.69, 9.17) is 5.11 Å². The van der Waals surface area contributed by atoms with Gasteiger partial charge in [-0.05, 0) is 25.0 Å². The molecule has 0 bridgehead atoms. The quantitative estimate of drug-likeness (QED) is 0.415. The zero-order chi connectivity index (χ0) is 18.3. The molecule has 1 unspecified atom stereocenters. The van der Waals surface area contributed by atoms with Crippen molar-refractivity contribution >= 4 is 29.3 Å². The fourth-order valence-corrected chi connectivity index (χ4v) is 3.07. The number of carboxylic acids is 1. The fourth-order valence-electron chi connectivity index (χ4n) is 2.12. The number of non-ortho nitro benzene ring substituents is 1. The van der Waals surface area contributed by atoms with Crippen LogP contribution >= 0.6 is 11.8 Å². The maximum atomic E-state index is 12.6. The molecule has 1 N–H and O–H groups in total. The van der Waals surface area contributed by atoms with Crippen LogP contribution < -0.4 is 0 Å². The molecule has 0 aromatic heterocycles. The summed E-state index contributed by atoms with van der Waals surface area (Å²) in [7, 11) is 0. The molecule has 0 spiro atoms. The molecular weight excluding hydrogens is 332 g/mol. The van der Waals surface area contributed by atoms with E-state index < -0.39 is 16.1 Å². The summed E-state index contributed by atoms with van der Waals surface area (Å²) in [5.41, 5.74) is 0.00113. The summed E-state index contributed by atoms with van der Waals surface area (Å²) in [5.74, 6) is -0.833. The van der Waals surface area contributed by atoms with Gasteiger partial charge in [-0.3, -0.25) is 19.7 Å². The highest BCUT2D eigenvalue weighted by Crippen LogP contribution is 2.26. The lowest BCUT2D eigenvalue weighted by molar-refractivity contribution is -0.384. The SMILES string of the molecule is CC(C)CN(CCC(=O)O)C(=O)C(C)Sc1ccc([N+](=O)[O-])cc1. The van der Waals surface area contributed by atoms with E-state index in [1.165, 1.54) is 23.9 Å². The van der Waals surface area contributed by atoms with Crippen LogP contribution in [0.3, 0.4) is 0 Å².